The van der Waals surface area contributed by atoms with Crippen molar-refractivity contribution in [3.8, 4) is 5.75 Å². The van der Waals surface area contributed by atoms with Crippen molar-refractivity contribution in [3.05, 3.63) is 30.5 Å². The summed E-state index contributed by atoms with van der Waals surface area (Å²) in [6.45, 7) is 4.01. The molecule has 98 valence electrons. The lowest BCUT2D eigenvalue weighted by molar-refractivity contribution is 0.321. The Hall–Kier alpha value is -1.09. The van der Waals surface area contributed by atoms with Gasteiger partial charge in [0.2, 0.25) is 0 Å². The predicted octanol–water partition coefficient (Wildman–Crippen LogP) is 4.18. The quantitative estimate of drug-likeness (QED) is 0.696. The van der Waals surface area contributed by atoms with Gasteiger partial charge in [0, 0.05) is 18.1 Å². The molecule has 0 radical (unpaired) electrons. The average Bonchev–Trinajstić information content (AvgIpc) is 2.81. The van der Waals surface area contributed by atoms with Crippen LogP contribution in [0.15, 0.2) is 30.5 Å². The van der Waals surface area contributed by atoms with E-state index in [2.05, 4.69) is 48.2 Å². The van der Waals surface area contributed by atoms with Crippen LogP contribution in [0.3, 0.4) is 0 Å². The maximum absolute atomic E-state index is 5.79. The molecular formula is C15H21NOS. The first kappa shape index (κ1) is 13.3. The van der Waals surface area contributed by atoms with Crippen molar-refractivity contribution in [3.63, 3.8) is 0 Å². The molecule has 18 heavy (non-hydrogen) atoms. The fourth-order valence-corrected chi connectivity index (χ4v) is 2.53. The van der Waals surface area contributed by atoms with Crippen molar-refractivity contribution in [1.82, 2.24) is 4.57 Å². The Morgan fingerprint density at radius 1 is 1.28 bits per heavy atom. The van der Waals surface area contributed by atoms with Crippen molar-refractivity contribution in [2.45, 2.75) is 26.3 Å². The molecule has 0 atom stereocenters. The maximum Gasteiger partial charge on any atom is 0.128 e. The van der Waals surface area contributed by atoms with Crippen LogP contribution in [-0.4, -0.2) is 23.2 Å². The minimum atomic E-state index is 0.788. The molecule has 0 fully saturated rings. The number of nitrogens with zero attached hydrogens (tertiary/aromatic N) is 1. The first-order valence-electron chi connectivity index (χ1n) is 6.56. The summed E-state index contributed by atoms with van der Waals surface area (Å²) in [5, 5.41) is 1.23. The molecule has 0 saturated heterocycles. The van der Waals surface area contributed by atoms with E-state index in [-0.39, 0.29) is 0 Å². The zero-order valence-electron chi connectivity index (χ0n) is 11.2. The Kier molecular flexibility index (Phi) is 5.00. The maximum atomic E-state index is 5.79. The molecule has 0 N–H and O–H groups in total. The number of ether oxygens (including phenoxy) is 1. The Morgan fingerprint density at radius 2 is 2.17 bits per heavy atom. The van der Waals surface area contributed by atoms with Crippen LogP contribution in [-0.2, 0) is 6.54 Å². The summed E-state index contributed by atoms with van der Waals surface area (Å²) in [6, 6.07) is 8.48. The van der Waals surface area contributed by atoms with Gasteiger partial charge in [0.05, 0.1) is 12.1 Å². The van der Waals surface area contributed by atoms with Gasteiger partial charge in [-0.25, -0.2) is 0 Å². The van der Waals surface area contributed by atoms with Crippen LogP contribution >= 0.6 is 11.8 Å². The van der Waals surface area contributed by atoms with Crippen molar-refractivity contribution < 1.29 is 4.74 Å². The molecule has 0 bridgehead atoms. The van der Waals surface area contributed by atoms with Crippen LogP contribution in [0.25, 0.3) is 10.9 Å². The van der Waals surface area contributed by atoms with Gasteiger partial charge in [-0.2, -0.15) is 11.8 Å². The third-order valence-corrected chi connectivity index (χ3v) is 3.68. The zero-order valence-corrected chi connectivity index (χ0v) is 12.0. The second-order valence-corrected chi connectivity index (χ2v) is 5.38. The highest BCUT2D eigenvalue weighted by Gasteiger charge is 2.05. The van der Waals surface area contributed by atoms with E-state index in [1.807, 2.05) is 11.8 Å². The molecule has 2 rings (SSSR count). The number of fused-ring (bicyclic) bond motifs is 1. The van der Waals surface area contributed by atoms with Crippen molar-refractivity contribution >= 4 is 22.7 Å². The Labute approximate surface area is 113 Å². The normalized spacial score (nSPS) is 11.0. The fraction of sp³-hybridized carbons (Fsp3) is 0.467. The molecule has 0 aliphatic rings. The molecule has 3 heteroatoms. The van der Waals surface area contributed by atoms with Gasteiger partial charge in [-0.15, -0.1) is 0 Å². The Balaban J connectivity index is 2.19. The van der Waals surface area contributed by atoms with Crippen LogP contribution in [0.5, 0.6) is 5.75 Å². The number of rotatable bonds is 7. The van der Waals surface area contributed by atoms with E-state index in [1.165, 1.54) is 23.1 Å². The molecule has 0 unspecified atom stereocenters. The largest absolute Gasteiger partial charge is 0.493 e. The van der Waals surface area contributed by atoms with Gasteiger partial charge in [0.15, 0.2) is 0 Å². The zero-order chi connectivity index (χ0) is 12.8. The summed E-state index contributed by atoms with van der Waals surface area (Å²) in [6.07, 6.45) is 6.59. The minimum Gasteiger partial charge on any atom is -0.493 e. The lowest BCUT2D eigenvalue weighted by atomic mass is 10.2. The van der Waals surface area contributed by atoms with Gasteiger partial charge in [-0.1, -0.05) is 13.0 Å². The highest BCUT2D eigenvalue weighted by Crippen LogP contribution is 2.27. The van der Waals surface area contributed by atoms with Crippen molar-refractivity contribution in [2.24, 2.45) is 0 Å². The number of benzene rings is 1. The summed E-state index contributed by atoms with van der Waals surface area (Å²) < 4.78 is 8.11. The minimum absolute atomic E-state index is 0.788. The summed E-state index contributed by atoms with van der Waals surface area (Å²) in [4.78, 5) is 0. The molecule has 2 nitrogen and oxygen atoms in total. The van der Waals surface area contributed by atoms with Crippen LogP contribution in [0.4, 0.5) is 0 Å². The van der Waals surface area contributed by atoms with E-state index >= 15 is 0 Å². The van der Waals surface area contributed by atoms with Crippen molar-refractivity contribution in [1.29, 1.82) is 0 Å². The van der Waals surface area contributed by atoms with E-state index < -0.39 is 0 Å². The summed E-state index contributed by atoms with van der Waals surface area (Å²) in [7, 11) is 0. The molecule has 0 amide bonds. The number of hydrogen-bond acceptors (Lipinski definition) is 2. The summed E-state index contributed by atoms with van der Waals surface area (Å²) >= 11 is 1.91. The van der Waals surface area contributed by atoms with Crippen LogP contribution in [0, 0.1) is 0 Å². The van der Waals surface area contributed by atoms with Crippen LogP contribution < -0.4 is 4.74 Å². The highest BCUT2D eigenvalue weighted by atomic mass is 32.2. The lowest BCUT2D eigenvalue weighted by Gasteiger charge is -2.08. The van der Waals surface area contributed by atoms with E-state index in [0.717, 1.165) is 25.3 Å². The third kappa shape index (κ3) is 3.02. The van der Waals surface area contributed by atoms with E-state index in [1.54, 1.807) is 0 Å². The van der Waals surface area contributed by atoms with Crippen LogP contribution in [0.2, 0.25) is 0 Å². The topological polar surface area (TPSA) is 14.2 Å². The molecule has 0 aliphatic carbocycles. The Morgan fingerprint density at radius 3 is 2.94 bits per heavy atom. The molecule has 0 aliphatic heterocycles. The van der Waals surface area contributed by atoms with Gasteiger partial charge < -0.3 is 9.30 Å². The van der Waals surface area contributed by atoms with Gasteiger partial charge in [0.25, 0.3) is 0 Å². The smallest absolute Gasteiger partial charge is 0.128 e. The summed E-state index contributed by atoms with van der Waals surface area (Å²) in [5.41, 5.74) is 1.28. The SMILES string of the molecule is CCCOc1cccc2c1ccn2CCCSC. The molecule has 2 aromatic rings. The number of thioether (sulfide) groups is 1. The molecule has 1 aromatic heterocycles. The van der Waals surface area contributed by atoms with E-state index in [0.29, 0.717) is 0 Å². The molecule has 0 spiro atoms. The second kappa shape index (κ2) is 6.74. The second-order valence-electron chi connectivity index (χ2n) is 4.39. The predicted molar refractivity (Wildman–Crippen MR) is 80.7 cm³/mol. The Bertz CT molecular complexity index is 492. The first-order chi connectivity index (χ1) is 8.86. The van der Waals surface area contributed by atoms with Gasteiger partial charge in [0.1, 0.15) is 5.75 Å². The fourth-order valence-electron chi connectivity index (χ4n) is 2.11. The van der Waals surface area contributed by atoms with E-state index in [9.17, 15) is 0 Å². The number of aryl methyl sites for hydroxylation is 1. The number of hydrogen-bond donors (Lipinski definition) is 0. The lowest BCUT2D eigenvalue weighted by Crippen LogP contribution is -1.98. The van der Waals surface area contributed by atoms with Gasteiger partial charge >= 0.3 is 0 Å². The molecule has 1 heterocycles. The molecular weight excluding hydrogens is 242 g/mol. The molecule has 1 aromatic carbocycles. The highest BCUT2D eigenvalue weighted by molar-refractivity contribution is 7.98. The van der Waals surface area contributed by atoms with Crippen molar-refractivity contribution in [2.75, 3.05) is 18.6 Å². The monoisotopic (exact) mass is 263 g/mol. The van der Waals surface area contributed by atoms with Gasteiger partial charge in [-0.05, 0) is 43.0 Å². The van der Waals surface area contributed by atoms with Gasteiger partial charge in [-0.3, -0.25) is 0 Å². The first-order valence-corrected chi connectivity index (χ1v) is 7.95. The number of aromatic nitrogens is 1. The van der Waals surface area contributed by atoms with Crippen LogP contribution in [0.1, 0.15) is 19.8 Å². The summed E-state index contributed by atoms with van der Waals surface area (Å²) in [5.74, 6) is 2.23. The molecule has 0 saturated carbocycles. The third-order valence-electron chi connectivity index (χ3n) is 2.98. The average molecular weight is 263 g/mol. The van der Waals surface area contributed by atoms with E-state index in [4.69, 9.17) is 4.74 Å². The standard InChI is InChI=1S/C15H21NOS/c1-3-11-17-15-7-4-6-14-13(15)8-10-16(14)9-5-12-18-2/h4,6-8,10H,3,5,9,11-12H2,1-2H3.